The Labute approximate surface area is 117 Å². The molecule has 1 fully saturated rings. The molecule has 1 aliphatic heterocycles. The number of hydrogen-bond acceptors (Lipinski definition) is 4. The number of nitrogens with zero attached hydrogens (tertiary/aromatic N) is 1. The van der Waals surface area contributed by atoms with Crippen LogP contribution >= 0.6 is 0 Å². The lowest BCUT2D eigenvalue weighted by Gasteiger charge is -2.27. The molecule has 1 aromatic carbocycles. The van der Waals surface area contributed by atoms with Crippen LogP contribution in [0, 0.1) is 0 Å². The van der Waals surface area contributed by atoms with Crippen LogP contribution in [0.2, 0.25) is 0 Å². The van der Waals surface area contributed by atoms with Gasteiger partial charge in [-0.25, -0.2) is 0 Å². The van der Waals surface area contributed by atoms with Crippen LogP contribution in [0.15, 0.2) is 18.2 Å². The zero-order valence-electron chi connectivity index (χ0n) is 11.6. The van der Waals surface area contributed by atoms with Crippen LogP contribution in [-0.4, -0.2) is 50.6 Å². The molecule has 0 unspecified atom stereocenters. The Kier molecular flexibility index (Phi) is 4.45. The zero-order chi connectivity index (χ0) is 14.5. The fourth-order valence-electron chi connectivity index (χ4n) is 2.12. The van der Waals surface area contributed by atoms with Crippen molar-refractivity contribution in [3.63, 3.8) is 0 Å². The molecule has 2 rings (SSSR count). The molecule has 6 nitrogen and oxygen atoms in total. The molecule has 6 heteroatoms. The van der Waals surface area contributed by atoms with E-state index in [9.17, 15) is 9.59 Å². The Balaban J connectivity index is 2.09. The van der Waals surface area contributed by atoms with Gasteiger partial charge in [-0.1, -0.05) is 6.07 Å². The predicted octanol–water partition coefficient (Wildman–Crippen LogP) is 0.205. The van der Waals surface area contributed by atoms with E-state index in [0.717, 1.165) is 5.56 Å². The number of piperazine rings is 1. The highest BCUT2D eigenvalue weighted by atomic mass is 16.5. The molecule has 20 heavy (non-hydrogen) atoms. The number of methoxy groups -OCH3 is 2. The predicted molar refractivity (Wildman–Crippen MR) is 72.8 cm³/mol. The van der Waals surface area contributed by atoms with Crippen molar-refractivity contribution in [3.05, 3.63) is 23.8 Å². The van der Waals surface area contributed by atoms with Gasteiger partial charge in [0.25, 0.3) is 0 Å². The summed E-state index contributed by atoms with van der Waals surface area (Å²) in [6.07, 6.45) is 0.209. The Morgan fingerprint density at radius 2 is 2.15 bits per heavy atom. The maximum atomic E-state index is 12.2. The lowest BCUT2D eigenvalue weighted by Crippen LogP contribution is -2.50. The fourth-order valence-corrected chi connectivity index (χ4v) is 2.12. The normalized spacial score (nSPS) is 14.7. The maximum Gasteiger partial charge on any atom is 0.239 e. The number of rotatable bonds is 4. The monoisotopic (exact) mass is 278 g/mol. The van der Waals surface area contributed by atoms with E-state index < -0.39 is 0 Å². The molecule has 1 aliphatic rings. The number of benzene rings is 1. The van der Waals surface area contributed by atoms with Crippen molar-refractivity contribution >= 4 is 11.8 Å². The first-order valence-corrected chi connectivity index (χ1v) is 6.39. The molecule has 1 aromatic rings. The summed E-state index contributed by atoms with van der Waals surface area (Å²) in [5, 5.41) is 2.69. The second-order valence-corrected chi connectivity index (χ2v) is 4.52. The molecule has 108 valence electrons. The van der Waals surface area contributed by atoms with Gasteiger partial charge < -0.3 is 19.7 Å². The van der Waals surface area contributed by atoms with Gasteiger partial charge in [-0.2, -0.15) is 0 Å². The number of carbonyl (C=O) groups is 2. The summed E-state index contributed by atoms with van der Waals surface area (Å²) in [4.78, 5) is 25.0. The second kappa shape index (κ2) is 6.27. The molecule has 0 bridgehead atoms. The first kappa shape index (κ1) is 14.2. The number of carbonyl (C=O) groups excluding carboxylic acids is 2. The molecule has 1 heterocycles. The van der Waals surface area contributed by atoms with Crippen LogP contribution in [0.3, 0.4) is 0 Å². The van der Waals surface area contributed by atoms with Gasteiger partial charge in [0.05, 0.1) is 27.2 Å². The third kappa shape index (κ3) is 3.20. The molecular weight excluding hydrogens is 260 g/mol. The van der Waals surface area contributed by atoms with E-state index in [1.54, 1.807) is 37.3 Å². The van der Waals surface area contributed by atoms with Crippen molar-refractivity contribution in [2.24, 2.45) is 0 Å². The third-order valence-electron chi connectivity index (χ3n) is 3.23. The molecule has 0 aliphatic carbocycles. The van der Waals surface area contributed by atoms with Crippen LogP contribution in [0.4, 0.5) is 0 Å². The van der Waals surface area contributed by atoms with Crippen LogP contribution in [0.1, 0.15) is 5.56 Å². The first-order chi connectivity index (χ1) is 9.63. The van der Waals surface area contributed by atoms with Gasteiger partial charge in [-0.15, -0.1) is 0 Å². The number of nitrogens with one attached hydrogen (secondary N) is 1. The zero-order valence-corrected chi connectivity index (χ0v) is 11.6. The van der Waals surface area contributed by atoms with E-state index in [4.69, 9.17) is 9.47 Å². The Morgan fingerprint density at radius 1 is 1.35 bits per heavy atom. The Morgan fingerprint density at radius 3 is 2.80 bits per heavy atom. The summed E-state index contributed by atoms with van der Waals surface area (Å²) in [6.45, 7) is 1.17. The van der Waals surface area contributed by atoms with Crippen LogP contribution in [0.5, 0.6) is 11.5 Å². The fraction of sp³-hybridized carbons (Fsp3) is 0.429. The molecule has 0 spiro atoms. The summed E-state index contributed by atoms with van der Waals surface area (Å²) in [7, 11) is 3.13. The molecule has 0 atom stereocenters. The van der Waals surface area contributed by atoms with E-state index in [1.807, 2.05) is 0 Å². The first-order valence-electron chi connectivity index (χ1n) is 6.39. The minimum atomic E-state index is -0.119. The van der Waals surface area contributed by atoms with Crippen molar-refractivity contribution < 1.29 is 19.1 Å². The van der Waals surface area contributed by atoms with Crippen LogP contribution in [-0.2, 0) is 16.0 Å². The molecule has 0 saturated carbocycles. The maximum absolute atomic E-state index is 12.2. The smallest absolute Gasteiger partial charge is 0.239 e. The molecule has 1 N–H and O–H groups in total. The SMILES string of the molecule is COc1ccc(CC(=O)N2CCNC(=O)C2)c(OC)c1. The Hall–Kier alpha value is -2.24. The van der Waals surface area contributed by atoms with Crippen LogP contribution < -0.4 is 14.8 Å². The highest BCUT2D eigenvalue weighted by molar-refractivity contribution is 5.87. The summed E-state index contributed by atoms with van der Waals surface area (Å²) in [5.74, 6) is 1.09. The molecule has 0 radical (unpaired) electrons. The van der Waals surface area contributed by atoms with E-state index in [2.05, 4.69) is 5.32 Å². The van der Waals surface area contributed by atoms with E-state index in [-0.39, 0.29) is 24.8 Å². The van der Waals surface area contributed by atoms with Crippen molar-refractivity contribution in [3.8, 4) is 11.5 Å². The average Bonchev–Trinajstić information content (AvgIpc) is 2.47. The van der Waals surface area contributed by atoms with E-state index in [1.165, 1.54) is 0 Å². The topological polar surface area (TPSA) is 67.9 Å². The van der Waals surface area contributed by atoms with Crippen molar-refractivity contribution in [1.29, 1.82) is 0 Å². The molecule has 0 aromatic heterocycles. The lowest BCUT2D eigenvalue weighted by molar-refractivity contribution is -0.137. The minimum Gasteiger partial charge on any atom is -0.497 e. The average molecular weight is 278 g/mol. The molecular formula is C14H18N2O4. The number of ether oxygens (including phenoxy) is 2. The standard InChI is InChI=1S/C14H18N2O4/c1-19-11-4-3-10(12(8-11)20-2)7-14(18)16-6-5-15-13(17)9-16/h3-4,8H,5-7,9H2,1-2H3,(H,15,17). The van der Waals surface area contributed by atoms with E-state index in [0.29, 0.717) is 24.6 Å². The van der Waals surface area contributed by atoms with Gasteiger partial charge >= 0.3 is 0 Å². The minimum absolute atomic E-state index is 0.0803. The van der Waals surface area contributed by atoms with Crippen LogP contribution in [0.25, 0.3) is 0 Å². The summed E-state index contributed by atoms with van der Waals surface area (Å²) in [6, 6.07) is 5.33. The second-order valence-electron chi connectivity index (χ2n) is 4.52. The lowest BCUT2D eigenvalue weighted by atomic mass is 10.1. The van der Waals surface area contributed by atoms with Crippen molar-refractivity contribution in [1.82, 2.24) is 10.2 Å². The quantitative estimate of drug-likeness (QED) is 0.854. The van der Waals surface area contributed by atoms with Gasteiger partial charge in [0.15, 0.2) is 0 Å². The van der Waals surface area contributed by atoms with Gasteiger partial charge in [0.1, 0.15) is 11.5 Å². The van der Waals surface area contributed by atoms with E-state index >= 15 is 0 Å². The molecule has 1 saturated heterocycles. The van der Waals surface area contributed by atoms with Gasteiger partial charge in [-0.05, 0) is 6.07 Å². The van der Waals surface area contributed by atoms with Gasteiger partial charge in [-0.3, -0.25) is 9.59 Å². The summed E-state index contributed by atoms with van der Waals surface area (Å²) >= 11 is 0. The number of amides is 2. The van der Waals surface area contributed by atoms with Crippen molar-refractivity contribution in [2.45, 2.75) is 6.42 Å². The molecule has 2 amide bonds. The summed E-state index contributed by atoms with van der Waals surface area (Å²) < 4.78 is 10.4. The third-order valence-corrected chi connectivity index (χ3v) is 3.23. The van der Waals surface area contributed by atoms with Gasteiger partial charge in [0, 0.05) is 24.7 Å². The highest BCUT2D eigenvalue weighted by Crippen LogP contribution is 2.25. The van der Waals surface area contributed by atoms with Gasteiger partial charge in [0.2, 0.25) is 11.8 Å². The summed E-state index contributed by atoms with van der Waals surface area (Å²) in [5.41, 5.74) is 0.782. The highest BCUT2D eigenvalue weighted by Gasteiger charge is 2.22. The Bertz CT molecular complexity index is 516. The number of hydrogen-bond donors (Lipinski definition) is 1. The van der Waals surface area contributed by atoms with Crippen molar-refractivity contribution in [2.75, 3.05) is 33.9 Å². The largest absolute Gasteiger partial charge is 0.497 e.